The van der Waals surface area contributed by atoms with E-state index in [2.05, 4.69) is 0 Å². The quantitative estimate of drug-likeness (QED) is 0.638. The van der Waals surface area contributed by atoms with Crippen molar-refractivity contribution >= 4 is 16.1 Å². The van der Waals surface area contributed by atoms with Gasteiger partial charge in [0, 0.05) is 13.5 Å². The summed E-state index contributed by atoms with van der Waals surface area (Å²) in [4.78, 5) is 9.60. The van der Waals surface area contributed by atoms with Crippen LogP contribution in [0.2, 0.25) is 0 Å². The van der Waals surface area contributed by atoms with Crippen LogP contribution in [-0.4, -0.2) is 42.0 Å². The van der Waals surface area contributed by atoms with Crippen molar-refractivity contribution < 1.29 is 28.0 Å². The zero-order valence-corrected chi connectivity index (χ0v) is 10.8. The molecule has 0 saturated carbocycles. The fourth-order valence-electron chi connectivity index (χ4n) is 0.541. The molecule has 100 valence electrons. The van der Waals surface area contributed by atoms with Gasteiger partial charge >= 0.3 is 5.97 Å². The van der Waals surface area contributed by atoms with Gasteiger partial charge in [-0.05, 0) is 12.8 Å². The number of unbranched alkanes of at least 4 members (excludes halogenated alkanes) is 1. The lowest BCUT2D eigenvalue weighted by Gasteiger charge is -1.90. The van der Waals surface area contributed by atoms with Crippen LogP contribution in [0.5, 0.6) is 0 Å². The van der Waals surface area contributed by atoms with Gasteiger partial charge in [0.15, 0.2) is 0 Å². The zero-order chi connectivity index (χ0) is 13.6. The number of hydrogen-bond acceptors (Lipinski definition) is 4. The van der Waals surface area contributed by atoms with Crippen LogP contribution >= 0.6 is 0 Å². The Balaban J connectivity index is -0.000000188. The second-order valence-corrected chi connectivity index (χ2v) is 4.36. The molecule has 0 amide bonds. The third-order valence-electron chi connectivity index (χ3n) is 1.22. The normalized spacial score (nSPS) is 9.31. The third-order valence-corrected chi connectivity index (χ3v) is 2.02. The third kappa shape index (κ3) is 37.7. The Morgan fingerprint density at radius 1 is 1.12 bits per heavy atom. The molecule has 0 aliphatic heterocycles. The fourth-order valence-corrected chi connectivity index (χ4v) is 1.19. The highest BCUT2D eigenvalue weighted by Crippen LogP contribution is 1.90. The summed E-state index contributed by atoms with van der Waals surface area (Å²) in [5.41, 5.74) is 0. The molecule has 0 heterocycles. The molecule has 0 aromatic carbocycles. The molecule has 0 rings (SSSR count). The van der Waals surface area contributed by atoms with Crippen molar-refractivity contribution in [1.82, 2.24) is 0 Å². The molecule has 0 fully saturated rings. The van der Waals surface area contributed by atoms with Crippen LogP contribution in [-0.2, 0) is 14.9 Å². The average molecular weight is 258 g/mol. The van der Waals surface area contributed by atoms with Crippen LogP contribution in [0, 0.1) is 0 Å². The van der Waals surface area contributed by atoms with Gasteiger partial charge in [-0.2, -0.15) is 8.42 Å². The number of carboxylic acid groups (broad SMARTS) is 1. The van der Waals surface area contributed by atoms with E-state index in [1.165, 1.54) is 0 Å². The molecule has 0 aromatic heterocycles. The van der Waals surface area contributed by atoms with E-state index >= 15 is 0 Å². The highest BCUT2D eigenvalue weighted by atomic mass is 32.2. The molecular weight excluding hydrogens is 236 g/mol. The van der Waals surface area contributed by atoms with Gasteiger partial charge in [0.25, 0.3) is 10.1 Å². The highest BCUT2D eigenvalue weighted by molar-refractivity contribution is 7.85. The molecule has 0 aromatic rings. The predicted octanol–water partition coefficient (Wildman–Crippen LogP) is 1.15. The number of rotatable bonds is 5. The van der Waals surface area contributed by atoms with Crippen LogP contribution in [0.3, 0.4) is 0 Å². The Morgan fingerprint density at radius 2 is 1.56 bits per heavy atom. The Bertz CT molecular complexity index is 234. The molecule has 0 atom stereocenters. The molecule has 0 bridgehead atoms. The van der Waals surface area contributed by atoms with Crippen molar-refractivity contribution in [1.29, 1.82) is 0 Å². The van der Waals surface area contributed by atoms with Crippen molar-refractivity contribution in [2.24, 2.45) is 0 Å². The Hall–Kier alpha value is -0.660. The smallest absolute Gasteiger partial charge is 0.303 e. The van der Waals surface area contributed by atoms with Crippen molar-refractivity contribution in [3.63, 3.8) is 0 Å². The molecule has 0 radical (unpaired) electrons. The van der Waals surface area contributed by atoms with E-state index in [1.807, 2.05) is 13.8 Å². The molecule has 6 nitrogen and oxygen atoms in total. The van der Waals surface area contributed by atoms with E-state index in [0.717, 1.165) is 20.0 Å². The Labute approximate surface area is 97.0 Å². The molecule has 0 saturated heterocycles. The summed E-state index contributed by atoms with van der Waals surface area (Å²) in [6, 6.07) is 0. The first-order valence-electron chi connectivity index (χ1n) is 4.95. The van der Waals surface area contributed by atoms with Crippen LogP contribution < -0.4 is 0 Å². The van der Waals surface area contributed by atoms with Gasteiger partial charge in [0.05, 0.1) is 5.75 Å². The van der Waals surface area contributed by atoms with Gasteiger partial charge < -0.3 is 10.2 Å². The fraction of sp³-hybridized carbons (Fsp3) is 0.889. The first kappa shape index (κ1) is 20.7. The van der Waals surface area contributed by atoms with Crippen molar-refractivity contribution in [3.05, 3.63) is 0 Å². The van der Waals surface area contributed by atoms with Gasteiger partial charge in [-0.3, -0.25) is 9.35 Å². The summed E-state index contributed by atoms with van der Waals surface area (Å²) in [5, 5.41) is 14.9. The van der Waals surface area contributed by atoms with Gasteiger partial charge in [0.2, 0.25) is 0 Å². The summed E-state index contributed by atoms with van der Waals surface area (Å²) in [7, 11) is -2.69. The van der Waals surface area contributed by atoms with Crippen molar-refractivity contribution in [3.8, 4) is 0 Å². The summed E-state index contributed by atoms with van der Waals surface area (Å²) in [6.45, 7) is 3.71. The van der Waals surface area contributed by atoms with E-state index in [0.29, 0.717) is 12.8 Å². The predicted molar refractivity (Wildman–Crippen MR) is 62.0 cm³/mol. The molecular formula is C9H22O6S. The lowest BCUT2D eigenvalue weighted by Crippen LogP contribution is -2.02. The second-order valence-electron chi connectivity index (χ2n) is 2.78. The van der Waals surface area contributed by atoms with Gasteiger partial charge in [-0.15, -0.1) is 0 Å². The summed E-state index contributed by atoms with van der Waals surface area (Å²) in [6.07, 6.45) is 2.36. The van der Waals surface area contributed by atoms with Crippen LogP contribution in [0.25, 0.3) is 0 Å². The number of carbonyl (C=O) groups is 1. The number of aliphatic hydroxyl groups is 1. The zero-order valence-electron chi connectivity index (χ0n) is 10.0. The van der Waals surface area contributed by atoms with Gasteiger partial charge in [0.1, 0.15) is 0 Å². The van der Waals surface area contributed by atoms with E-state index in [4.69, 9.17) is 14.8 Å². The first-order valence-corrected chi connectivity index (χ1v) is 6.56. The van der Waals surface area contributed by atoms with Crippen molar-refractivity contribution in [2.45, 2.75) is 39.5 Å². The molecule has 0 aliphatic carbocycles. The van der Waals surface area contributed by atoms with Gasteiger partial charge in [-0.1, -0.05) is 20.3 Å². The highest BCUT2D eigenvalue weighted by Gasteiger charge is 2.00. The molecule has 0 unspecified atom stereocenters. The topological polar surface area (TPSA) is 112 Å². The minimum absolute atomic E-state index is 0.108. The van der Waals surface area contributed by atoms with Crippen LogP contribution in [0.4, 0.5) is 0 Å². The lowest BCUT2D eigenvalue weighted by molar-refractivity contribution is -0.137. The minimum atomic E-state index is -3.69. The lowest BCUT2D eigenvalue weighted by atomic mass is 10.4. The van der Waals surface area contributed by atoms with Crippen molar-refractivity contribution in [2.75, 3.05) is 12.9 Å². The summed E-state index contributed by atoms with van der Waals surface area (Å²) in [5.74, 6) is -0.818. The molecule has 16 heavy (non-hydrogen) atoms. The molecule has 0 spiro atoms. The maximum atomic E-state index is 9.95. The SMILES string of the molecule is CCCC(=O)O.CCCCS(=O)(=O)O.CO. The van der Waals surface area contributed by atoms with Crippen LogP contribution in [0.1, 0.15) is 39.5 Å². The van der Waals surface area contributed by atoms with Gasteiger partial charge in [-0.25, -0.2) is 0 Å². The Morgan fingerprint density at radius 3 is 1.62 bits per heavy atom. The first-order chi connectivity index (χ1) is 7.33. The van der Waals surface area contributed by atoms with Crippen LogP contribution in [0.15, 0.2) is 0 Å². The summed E-state index contributed by atoms with van der Waals surface area (Å²) < 4.78 is 28.0. The van der Waals surface area contributed by atoms with E-state index < -0.39 is 16.1 Å². The maximum absolute atomic E-state index is 9.95. The minimum Gasteiger partial charge on any atom is -0.481 e. The number of hydrogen-bond donors (Lipinski definition) is 3. The van der Waals surface area contributed by atoms with E-state index in [1.54, 1.807) is 0 Å². The maximum Gasteiger partial charge on any atom is 0.303 e. The monoisotopic (exact) mass is 258 g/mol. The Kier molecular flexibility index (Phi) is 18.6. The molecule has 3 N–H and O–H groups in total. The second kappa shape index (κ2) is 14.3. The molecule has 7 heteroatoms. The standard InChI is InChI=1S/C4H10O3S.C4H8O2.CH4O/c1-2-3-4-8(5,6)7;1-2-3-4(5)6;1-2/h2-4H2,1H3,(H,5,6,7);2-3H2,1H3,(H,5,6);2H,1H3. The number of aliphatic hydroxyl groups excluding tert-OH is 1. The summed E-state index contributed by atoms with van der Waals surface area (Å²) >= 11 is 0. The number of carboxylic acids is 1. The largest absolute Gasteiger partial charge is 0.481 e. The van der Waals surface area contributed by atoms with E-state index in [-0.39, 0.29) is 5.75 Å². The molecule has 0 aliphatic rings. The van der Waals surface area contributed by atoms with E-state index in [9.17, 15) is 13.2 Å². The number of aliphatic carboxylic acids is 1. The average Bonchev–Trinajstić information content (AvgIpc) is 2.17.